The van der Waals surface area contributed by atoms with Gasteiger partial charge in [-0.1, -0.05) is 0 Å². The predicted molar refractivity (Wildman–Crippen MR) is 57.6 cm³/mol. The first kappa shape index (κ1) is 13.9. The third-order valence-corrected chi connectivity index (χ3v) is 2.10. The molecule has 0 heterocycles. The highest BCUT2D eigenvalue weighted by Crippen LogP contribution is 2.02. The number of carboxylic acids is 1. The Morgan fingerprint density at radius 1 is 1.33 bits per heavy atom. The van der Waals surface area contributed by atoms with Crippen molar-refractivity contribution in [1.82, 2.24) is 10.2 Å². The number of rotatable bonds is 7. The summed E-state index contributed by atoms with van der Waals surface area (Å²) in [5, 5.41) is 11.4. The maximum Gasteiger partial charge on any atom is 0.305 e. The number of amides is 1. The number of hydrogen-bond acceptors (Lipinski definition) is 3. The van der Waals surface area contributed by atoms with Gasteiger partial charge in [0.05, 0.1) is 6.42 Å². The molecule has 0 unspecified atom stereocenters. The Labute approximate surface area is 90.5 Å². The van der Waals surface area contributed by atoms with Gasteiger partial charge in [-0.25, -0.2) is 0 Å². The first-order valence-electron chi connectivity index (χ1n) is 5.15. The third kappa shape index (κ3) is 6.06. The van der Waals surface area contributed by atoms with Gasteiger partial charge in [-0.2, -0.15) is 0 Å². The molecule has 0 fully saturated rings. The molecule has 0 radical (unpaired) electrons. The van der Waals surface area contributed by atoms with Gasteiger partial charge in [0.1, 0.15) is 0 Å². The predicted octanol–water partition coefficient (Wildman–Crippen LogP) is 0.308. The quantitative estimate of drug-likeness (QED) is 0.642. The second-order valence-electron chi connectivity index (χ2n) is 3.68. The number of nitrogens with one attached hydrogen (secondary N) is 1. The van der Waals surface area contributed by atoms with Crippen LogP contribution in [0.2, 0.25) is 0 Å². The minimum Gasteiger partial charge on any atom is -0.481 e. The van der Waals surface area contributed by atoms with Crippen molar-refractivity contribution in [1.29, 1.82) is 0 Å². The lowest BCUT2D eigenvalue weighted by atomic mass is 10.2. The molecule has 0 saturated heterocycles. The van der Waals surface area contributed by atoms with Crippen molar-refractivity contribution in [3.63, 3.8) is 0 Å². The molecule has 5 heteroatoms. The average Bonchev–Trinajstić information content (AvgIpc) is 2.13. The monoisotopic (exact) mass is 216 g/mol. The second kappa shape index (κ2) is 7.23. The molecule has 0 saturated carbocycles. The van der Waals surface area contributed by atoms with Gasteiger partial charge in [-0.15, -0.1) is 0 Å². The van der Waals surface area contributed by atoms with Crippen molar-refractivity contribution < 1.29 is 14.7 Å². The van der Waals surface area contributed by atoms with Crippen LogP contribution in [0.3, 0.4) is 0 Å². The van der Waals surface area contributed by atoms with Crippen molar-refractivity contribution in [3.8, 4) is 0 Å². The van der Waals surface area contributed by atoms with Crippen LogP contribution in [0.5, 0.6) is 0 Å². The van der Waals surface area contributed by atoms with Gasteiger partial charge in [0.15, 0.2) is 0 Å². The summed E-state index contributed by atoms with van der Waals surface area (Å²) in [5.41, 5.74) is 0. The average molecular weight is 216 g/mol. The molecule has 0 aliphatic heterocycles. The number of hydrogen-bond donors (Lipinski definition) is 2. The van der Waals surface area contributed by atoms with Crippen LogP contribution in [-0.4, -0.2) is 48.1 Å². The van der Waals surface area contributed by atoms with E-state index < -0.39 is 5.97 Å². The second-order valence-corrected chi connectivity index (χ2v) is 3.68. The zero-order valence-corrected chi connectivity index (χ0v) is 9.62. The van der Waals surface area contributed by atoms with E-state index >= 15 is 0 Å². The minimum absolute atomic E-state index is 0.000556. The fourth-order valence-corrected chi connectivity index (χ4v) is 1.26. The molecule has 0 aliphatic carbocycles. The number of nitrogens with zero attached hydrogens (tertiary/aromatic N) is 1. The summed E-state index contributed by atoms with van der Waals surface area (Å²) in [6.45, 7) is 4.68. The van der Waals surface area contributed by atoms with E-state index in [9.17, 15) is 9.59 Å². The molecule has 0 rings (SSSR count). The number of aliphatic carboxylic acids is 1. The van der Waals surface area contributed by atoms with Crippen LogP contribution >= 0.6 is 0 Å². The summed E-state index contributed by atoms with van der Waals surface area (Å²) in [5.74, 6) is -0.873. The zero-order valence-electron chi connectivity index (χ0n) is 9.62. The molecule has 15 heavy (non-hydrogen) atoms. The van der Waals surface area contributed by atoms with Crippen LogP contribution in [-0.2, 0) is 9.59 Å². The Balaban J connectivity index is 4.13. The highest BCUT2D eigenvalue weighted by atomic mass is 16.4. The first-order chi connectivity index (χ1) is 6.99. The summed E-state index contributed by atoms with van der Waals surface area (Å²) < 4.78 is 0. The van der Waals surface area contributed by atoms with E-state index in [0.717, 1.165) is 0 Å². The summed E-state index contributed by atoms with van der Waals surface area (Å²) in [6, 6.07) is 0.0497. The lowest BCUT2D eigenvalue weighted by molar-refractivity contribution is -0.139. The lowest BCUT2D eigenvalue weighted by Crippen LogP contribution is -2.39. The van der Waals surface area contributed by atoms with Crippen LogP contribution in [0.1, 0.15) is 26.7 Å². The summed E-state index contributed by atoms with van der Waals surface area (Å²) in [7, 11) is 1.78. The Morgan fingerprint density at radius 2 is 1.93 bits per heavy atom. The van der Waals surface area contributed by atoms with Gasteiger partial charge < -0.3 is 15.3 Å². The lowest BCUT2D eigenvalue weighted by Gasteiger charge is -2.26. The van der Waals surface area contributed by atoms with E-state index in [-0.39, 0.29) is 24.9 Å². The Hall–Kier alpha value is -1.10. The number of carbonyl (C=O) groups is 2. The van der Waals surface area contributed by atoms with Crippen molar-refractivity contribution in [2.75, 3.05) is 20.1 Å². The van der Waals surface area contributed by atoms with Crippen molar-refractivity contribution in [3.05, 3.63) is 0 Å². The Morgan fingerprint density at radius 3 is 2.33 bits per heavy atom. The molecule has 0 aromatic carbocycles. The summed E-state index contributed by atoms with van der Waals surface area (Å²) in [4.78, 5) is 23.7. The van der Waals surface area contributed by atoms with E-state index in [1.54, 1.807) is 11.9 Å². The normalized spacial score (nSPS) is 10.4. The molecule has 88 valence electrons. The molecule has 0 aliphatic rings. The van der Waals surface area contributed by atoms with E-state index in [2.05, 4.69) is 5.32 Å². The molecule has 0 aromatic heterocycles. The molecule has 0 atom stereocenters. The molecule has 0 aromatic rings. The molecule has 5 nitrogen and oxygen atoms in total. The van der Waals surface area contributed by atoms with Crippen molar-refractivity contribution in [2.45, 2.75) is 32.7 Å². The minimum atomic E-state index is -0.873. The number of carbonyl (C=O) groups excluding carboxylic acids is 1. The largest absolute Gasteiger partial charge is 0.481 e. The van der Waals surface area contributed by atoms with Gasteiger partial charge in [-0.3, -0.25) is 9.59 Å². The van der Waals surface area contributed by atoms with Crippen molar-refractivity contribution in [2.24, 2.45) is 0 Å². The van der Waals surface area contributed by atoms with Gasteiger partial charge in [-0.05, 0) is 20.9 Å². The maximum atomic E-state index is 11.6. The van der Waals surface area contributed by atoms with Crippen LogP contribution in [0.25, 0.3) is 0 Å². The SMILES string of the molecule is CNCCC(=O)N(CCC(=O)O)C(C)C. The van der Waals surface area contributed by atoms with Crippen LogP contribution < -0.4 is 5.32 Å². The smallest absolute Gasteiger partial charge is 0.305 e. The van der Waals surface area contributed by atoms with Crippen LogP contribution in [0.4, 0.5) is 0 Å². The standard InChI is InChI=1S/C10H20N2O3/c1-8(2)12(7-5-10(14)15)9(13)4-6-11-3/h8,11H,4-7H2,1-3H3,(H,14,15). The third-order valence-electron chi connectivity index (χ3n) is 2.10. The van der Waals surface area contributed by atoms with Gasteiger partial charge >= 0.3 is 5.97 Å². The molecule has 0 bridgehead atoms. The molecular weight excluding hydrogens is 196 g/mol. The van der Waals surface area contributed by atoms with Crippen LogP contribution in [0.15, 0.2) is 0 Å². The van der Waals surface area contributed by atoms with Gasteiger partial charge in [0.2, 0.25) is 5.91 Å². The fraction of sp³-hybridized carbons (Fsp3) is 0.800. The number of carboxylic acid groups (broad SMARTS) is 1. The zero-order chi connectivity index (χ0) is 11.8. The Kier molecular flexibility index (Phi) is 6.70. The molecule has 1 amide bonds. The summed E-state index contributed by atoms with van der Waals surface area (Å²) in [6.07, 6.45) is 0.414. The van der Waals surface area contributed by atoms with E-state index in [1.165, 1.54) is 0 Å². The maximum absolute atomic E-state index is 11.6. The highest BCUT2D eigenvalue weighted by molar-refractivity contribution is 5.77. The fourth-order valence-electron chi connectivity index (χ4n) is 1.26. The Bertz CT molecular complexity index is 217. The topological polar surface area (TPSA) is 69.6 Å². The van der Waals surface area contributed by atoms with Gasteiger partial charge in [0, 0.05) is 25.6 Å². The van der Waals surface area contributed by atoms with Crippen molar-refractivity contribution >= 4 is 11.9 Å². The summed E-state index contributed by atoms with van der Waals surface area (Å²) >= 11 is 0. The van der Waals surface area contributed by atoms with Crippen LogP contribution in [0, 0.1) is 0 Å². The van der Waals surface area contributed by atoms with E-state index in [4.69, 9.17) is 5.11 Å². The van der Waals surface area contributed by atoms with Gasteiger partial charge in [0.25, 0.3) is 0 Å². The van der Waals surface area contributed by atoms with E-state index in [1.807, 2.05) is 13.8 Å². The molecular formula is C10H20N2O3. The molecule has 2 N–H and O–H groups in total. The molecule has 0 spiro atoms. The highest BCUT2D eigenvalue weighted by Gasteiger charge is 2.16. The van der Waals surface area contributed by atoms with E-state index in [0.29, 0.717) is 13.0 Å². The first-order valence-corrected chi connectivity index (χ1v) is 5.15.